The van der Waals surface area contributed by atoms with Gasteiger partial charge in [0.15, 0.2) is 6.61 Å². The summed E-state index contributed by atoms with van der Waals surface area (Å²) >= 11 is 0. The molecule has 1 amide bonds. The lowest BCUT2D eigenvalue weighted by molar-refractivity contribution is -0.136. The second-order valence-electron chi connectivity index (χ2n) is 7.93. The summed E-state index contributed by atoms with van der Waals surface area (Å²) in [5.41, 5.74) is 0. The molecule has 4 nitrogen and oxygen atoms in total. The van der Waals surface area contributed by atoms with Crippen LogP contribution in [0.15, 0.2) is 42.5 Å². The predicted molar refractivity (Wildman–Crippen MR) is 109 cm³/mol. The van der Waals surface area contributed by atoms with Gasteiger partial charge < -0.3 is 9.64 Å². The third-order valence-electron chi connectivity index (χ3n) is 6.30. The fraction of sp³-hybridized carbons (Fsp3) is 0.522. The van der Waals surface area contributed by atoms with Crippen LogP contribution in [-0.4, -0.2) is 54.5 Å². The number of likely N-dealkylation sites (N-methyl/N-ethyl adjacent to an activating group) is 1. The van der Waals surface area contributed by atoms with Crippen LogP contribution in [0.4, 0.5) is 0 Å². The molecule has 1 aliphatic heterocycles. The molecule has 0 spiro atoms. The Labute approximate surface area is 162 Å². The first-order valence-electron chi connectivity index (χ1n) is 10.3. The van der Waals surface area contributed by atoms with E-state index in [0.29, 0.717) is 12.1 Å². The van der Waals surface area contributed by atoms with Gasteiger partial charge in [0, 0.05) is 24.5 Å². The van der Waals surface area contributed by atoms with Crippen molar-refractivity contribution in [2.45, 2.75) is 50.6 Å². The number of fused-ring (bicyclic) bond motifs is 1. The Bertz CT molecular complexity index is 780. The Balaban J connectivity index is 1.42. The monoisotopic (exact) mass is 366 g/mol. The summed E-state index contributed by atoms with van der Waals surface area (Å²) in [4.78, 5) is 17.5. The number of nitrogens with zero attached hydrogens (tertiary/aromatic N) is 2. The Kier molecular flexibility index (Phi) is 5.63. The van der Waals surface area contributed by atoms with Gasteiger partial charge in [-0.05, 0) is 50.2 Å². The van der Waals surface area contributed by atoms with Gasteiger partial charge in [-0.15, -0.1) is 0 Å². The van der Waals surface area contributed by atoms with Crippen molar-refractivity contribution in [1.82, 2.24) is 9.80 Å². The van der Waals surface area contributed by atoms with Gasteiger partial charge in [0.1, 0.15) is 5.75 Å². The normalized spacial score (nSPS) is 23.4. The van der Waals surface area contributed by atoms with E-state index in [1.54, 1.807) is 0 Å². The van der Waals surface area contributed by atoms with E-state index in [9.17, 15) is 4.79 Å². The number of rotatable bonds is 5. The molecule has 1 heterocycles. The van der Waals surface area contributed by atoms with E-state index in [1.165, 1.54) is 45.2 Å². The van der Waals surface area contributed by atoms with Crippen LogP contribution in [0.5, 0.6) is 5.75 Å². The molecule has 0 N–H and O–H groups in total. The molecular weight excluding hydrogens is 336 g/mol. The number of likely N-dealkylation sites (tertiary alicyclic amines) is 1. The molecule has 1 aliphatic carbocycles. The molecule has 0 radical (unpaired) electrons. The summed E-state index contributed by atoms with van der Waals surface area (Å²) in [7, 11) is 1.97. The highest BCUT2D eigenvalue weighted by Crippen LogP contribution is 2.29. The molecule has 1 saturated heterocycles. The van der Waals surface area contributed by atoms with E-state index >= 15 is 0 Å². The second-order valence-corrected chi connectivity index (χ2v) is 7.93. The predicted octanol–water partition coefficient (Wildman–Crippen LogP) is 4.08. The van der Waals surface area contributed by atoms with E-state index in [4.69, 9.17) is 4.74 Å². The van der Waals surface area contributed by atoms with Crippen LogP contribution in [0.25, 0.3) is 10.8 Å². The number of hydrogen-bond acceptors (Lipinski definition) is 3. The number of carbonyl (C=O) groups excluding carboxylic acids is 1. The van der Waals surface area contributed by atoms with Gasteiger partial charge in [0.25, 0.3) is 5.91 Å². The zero-order chi connectivity index (χ0) is 18.6. The van der Waals surface area contributed by atoms with Crippen molar-refractivity contribution in [3.8, 4) is 5.75 Å². The highest BCUT2D eigenvalue weighted by Gasteiger charge is 2.35. The third kappa shape index (κ3) is 3.96. The first-order chi connectivity index (χ1) is 13.2. The van der Waals surface area contributed by atoms with E-state index in [2.05, 4.69) is 17.0 Å². The first-order valence-corrected chi connectivity index (χ1v) is 10.3. The summed E-state index contributed by atoms with van der Waals surface area (Å²) in [6, 6.07) is 15.0. The second kappa shape index (κ2) is 8.30. The smallest absolute Gasteiger partial charge is 0.260 e. The van der Waals surface area contributed by atoms with Gasteiger partial charge in [0.2, 0.25) is 0 Å². The third-order valence-corrected chi connectivity index (χ3v) is 6.30. The van der Waals surface area contributed by atoms with Crippen molar-refractivity contribution in [3.63, 3.8) is 0 Å². The topological polar surface area (TPSA) is 32.8 Å². The van der Waals surface area contributed by atoms with Gasteiger partial charge in [-0.2, -0.15) is 0 Å². The first kappa shape index (κ1) is 18.3. The number of ether oxygens (including phenoxy) is 1. The molecule has 4 rings (SSSR count). The molecule has 2 aliphatic rings. The van der Waals surface area contributed by atoms with Crippen LogP contribution in [0.3, 0.4) is 0 Å². The quantitative estimate of drug-likeness (QED) is 0.799. The fourth-order valence-corrected chi connectivity index (χ4v) is 4.79. The van der Waals surface area contributed by atoms with Gasteiger partial charge in [-0.25, -0.2) is 0 Å². The lowest BCUT2D eigenvalue weighted by Crippen LogP contribution is -2.53. The molecule has 4 heteroatoms. The number of carbonyl (C=O) groups is 1. The molecule has 0 bridgehead atoms. The van der Waals surface area contributed by atoms with Crippen molar-refractivity contribution in [1.29, 1.82) is 0 Å². The maximum absolute atomic E-state index is 12.9. The van der Waals surface area contributed by atoms with Crippen LogP contribution in [0.1, 0.15) is 38.5 Å². The maximum Gasteiger partial charge on any atom is 0.260 e. The van der Waals surface area contributed by atoms with E-state index in [0.717, 1.165) is 22.9 Å². The molecule has 1 saturated carbocycles. The summed E-state index contributed by atoms with van der Waals surface area (Å²) in [6.07, 6.45) is 7.42. The van der Waals surface area contributed by atoms with E-state index < -0.39 is 0 Å². The number of benzene rings is 2. The molecule has 2 aromatic rings. The fourth-order valence-electron chi connectivity index (χ4n) is 4.79. The summed E-state index contributed by atoms with van der Waals surface area (Å²) in [5, 5.41) is 2.19. The molecule has 2 aromatic carbocycles. The number of amides is 1. The standard InChI is InChI=1S/C23H30N2O2/c1-24(20-12-4-5-13-21(20)25-15-6-7-16-25)23(26)17-27-22-14-8-10-18-9-2-3-11-19(18)22/h2-3,8-11,14,20-21H,4-7,12-13,15-17H2,1H3/t20-,21-/m1/s1. The molecule has 0 aromatic heterocycles. The van der Waals surface area contributed by atoms with Crippen LogP contribution < -0.4 is 4.74 Å². The van der Waals surface area contributed by atoms with Gasteiger partial charge in [-0.3, -0.25) is 9.69 Å². The lowest BCUT2D eigenvalue weighted by Gasteiger charge is -2.42. The Hall–Kier alpha value is -2.07. The van der Waals surface area contributed by atoms with Crippen molar-refractivity contribution < 1.29 is 9.53 Å². The maximum atomic E-state index is 12.9. The van der Waals surface area contributed by atoms with Gasteiger partial charge in [0.05, 0.1) is 0 Å². The minimum absolute atomic E-state index is 0.0824. The summed E-state index contributed by atoms with van der Waals surface area (Å²) in [6.45, 7) is 2.49. The minimum Gasteiger partial charge on any atom is -0.483 e. The highest BCUT2D eigenvalue weighted by atomic mass is 16.5. The Morgan fingerprint density at radius 1 is 1.04 bits per heavy atom. The summed E-state index contributed by atoms with van der Waals surface area (Å²) in [5.74, 6) is 0.869. The van der Waals surface area contributed by atoms with Crippen LogP contribution in [-0.2, 0) is 4.79 Å². The number of hydrogen-bond donors (Lipinski definition) is 0. The molecule has 2 atom stereocenters. The Morgan fingerprint density at radius 2 is 1.78 bits per heavy atom. The molecule has 144 valence electrons. The van der Waals surface area contributed by atoms with Gasteiger partial charge >= 0.3 is 0 Å². The van der Waals surface area contributed by atoms with E-state index in [1.807, 2.05) is 42.3 Å². The molecule has 0 unspecified atom stereocenters. The molecular formula is C23H30N2O2. The van der Waals surface area contributed by atoms with Crippen LogP contribution >= 0.6 is 0 Å². The molecule has 2 fully saturated rings. The van der Waals surface area contributed by atoms with Crippen LogP contribution in [0, 0.1) is 0 Å². The van der Waals surface area contributed by atoms with E-state index in [-0.39, 0.29) is 12.5 Å². The van der Waals surface area contributed by atoms with Gasteiger partial charge in [-0.1, -0.05) is 49.2 Å². The largest absolute Gasteiger partial charge is 0.483 e. The highest BCUT2D eigenvalue weighted by molar-refractivity contribution is 5.88. The van der Waals surface area contributed by atoms with Crippen molar-refractivity contribution in [2.24, 2.45) is 0 Å². The average molecular weight is 367 g/mol. The Morgan fingerprint density at radius 3 is 2.63 bits per heavy atom. The SMILES string of the molecule is CN(C(=O)COc1cccc2ccccc12)[C@@H]1CCCC[C@H]1N1CCCC1. The minimum atomic E-state index is 0.0824. The lowest BCUT2D eigenvalue weighted by atomic mass is 9.88. The average Bonchev–Trinajstić information content (AvgIpc) is 3.26. The molecule has 27 heavy (non-hydrogen) atoms. The van der Waals surface area contributed by atoms with Crippen molar-refractivity contribution >= 4 is 16.7 Å². The summed E-state index contributed by atoms with van der Waals surface area (Å²) < 4.78 is 5.95. The zero-order valence-electron chi connectivity index (χ0n) is 16.3. The zero-order valence-corrected chi connectivity index (χ0v) is 16.3. The van der Waals surface area contributed by atoms with Crippen molar-refractivity contribution in [2.75, 3.05) is 26.7 Å². The van der Waals surface area contributed by atoms with Crippen LogP contribution in [0.2, 0.25) is 0 Å². The van der Waals surface area contributed by atoms with Crippen molar-refractivity contribution in [3.05, 3.63) is 42.5 Å².